The predicted molar refractivity (Wildman–Crippen MR) is 119 cm³/mol. The standard InChI is InChI=1S/C22H20N6O3S/c1-30-13-12-28-14-19(31-27-28)23-18(29)15-32-22-24-20(16-8-4-2-5-9-16)21(25-26-22)17-10-6-3-7-11-17/h2-11,14H,12-13,15H2,1H3/p+1. The monoisotopic (exact) mass is 449 g/mol. The zero-order chi connectivity index (χ0) is 22.2. The Balaban J connectivity index is 1.47. The SMILES string of the molecule is COCC[n+]1cc(NC(=O)CSc2nnc(-c3ccccc3)c(-c3ccccc3)n2)on1. The zero-order valence-electron chi connectivity index (χ0n) is 17.3. The molecular weight excluding hydrogens is 428 g/mol. The molecule has 0 aliphatic rings. The Bertz CT molecular complexity index is 1170. The number of rotatable bonds is 9. The number of amides is 1. The minimum absolute atomic E-state index is 0.0966. The van der Waals surface area contributed by atoms with Gasteiger partial charge in [0.1, 0.15) is 18.0 Å². The lowest BCUT2D eigenvalue weighted by Gasteiger charge is -2.09. The molecule has 0 saturated heterocycles. The summed E-state index contributed by atoms with van der Waals surface area (Å²) < 4.78 is 11.6. The number of aromatic nitrogens is 5. The molecule has 0 aliphatic heterocycles. The molecule has 0 radical (unpaired) electrons. The number of hydrogen-bond donors (Lipinski definition) is 1. The first kappa shape index (κ1) is 21.6. The van der Waals surface area contributed by atoms with Gasteiger partial charge in [-0.3, -0.25) is 14.6 Å². The number of hydrogen-bond acceptors (Lipinski definition) is 8. The summed E-state index contributed by atoms with van der Waals surface area (Å²) in [5.41, 5.74) is 3.25. The summed E-state index contributed by atoms with van der Waals surface area (Å²) in [5.74, 6) is 0.0940. The first-order valence-electron chi connectivity index (χ1n) is 9.86. The first-order valence-corrected chi connectivity index (χ1v) is 10.8. The van der Waals surface area contributed by atoms with Gasteiger partial charge in [0, 0.05) is 18.2 Å². The van der Waals surface area contributed by atoms with Crippen molar-refractivity contribution < 1.29 is 18.7 Å². The lowest BCUT2D eigenvalue weighted by molar-refractivity contribution is -0.763. The van der Waals surface area contributed by atoms with Crippen molar-refractivity contribution in [3.05, 3.63) is 66.9 Å². The predicted octanol–water partition coefficient (Wildman–Crippen LogP) is 2.86. The highest BCUT2D eigenvalue weighted by Gasteiger charge is 2.17. The summed E-state index contributed by atoms with van der Waals surface area (Å²) in [6, 6.07) is 19.6. The van der Waals surface area contributed by atoms with Crippen molar-refractivity contribution in [1.29, 1.82) is 0 Å². The maximum Gasteiger partial charge on any atom is 0.302 e. The van der Waals surface area contributed by atoms with Gasteiger partial charge >= 0.3 is 5.88 Å². The lowest BCUT2D eigenvalue weighted by atomic mass is 10.0. The van der Waals surface area contributed by atoms with Gasteiger partial charge in [-0.15, -0.1) is 10.2 Å². The average molecular weight is 450 g/mol. The molecule has 2 heterocycles. The van der Waals surface area contributed by atoms with Crippen molar-refractivity contribution in [3.8, 4) is 22.5 Å². The van der Waals surface area contributed by atoms with E-state index >= 15 is 0 Å². The Hall–Kier alpha value is -3.63. The van der Waals surface area contributed by atoms with Crippen LogP contribution >= 0.6 is 11.8 Å². The molecule has 10 heteroatoms. The number of carbonyl (C=O) groups is 1. The van der Waals surface area contributed by atoms with Crippen LogP contribution in [0.4, 0.5) is 5.88 Å². The van der Waals surface area contributed by atoms with E-state index in [4.69, 9.17) is 14.2 Å². The van der Waals surface area contributed by atoms with Crippen LogP contribution in [0.25, 0.3) is 22.5 Å². The smallest absolute Gasteiger partial charge is 0.302 e. The van der Waals surface area contributed by atoms with Crippen molar-refractivity contribution in [2.45, 2.75) is 11.7 Å². The van der Waals surface area contributed by atoms with E-state index < -0.39 is 0 Å². The summed E-state index contributed by atoms with van der Waals surface area (Å²) in [6.07, 6.45) is 1.60. The highest BCUT2D eigenvalue weighted by Crippen LogP contribution is 2.29. The van der Waals surface area contributed by atoms with Gasteiger partial charge < -0.3 is 4.74 Å². The van der Waals surface area contributed by atoms with Gasteiger partial charge in [-0.1, -0.05) is 72.4 Å². The van der Waals surface area contributed by atoms with Crippen LogP contribution in [0, 0.1) is 0 Å². The topological polar surface area (TPSA) is 107 Å². The molecule has 1 N–H and O–H groups in total. The maximum absolute atomic E-state index is 12.3. The lowest BCUT2D eigenvalue weighted by Crippen LogP contribution is -2.36. The Morgan fingerprint density at radius 1 is 1.03 bits per heavy atom. The third kappa shape index (κ3) is 5.54. The zero-order valence-corrected chi connectivity index (χ0v) is 18.2. The molecule has 0 unspecified atom stereocenters. The van der Waals surface area contributed by atoms with Crippen LogP contribution in [0.2, 0.25) is 0 Å². The minimum Gasteiger partial charge on any atom is -0.378 e. The Kier molecular flexibility index (Phi) is 7.15. The molecule has 4 rings (SSSR count). The quantitative estimate of drug-likeness (QED) is 0.307. The average Bonchev–Trinajstić information content (AvgIpc) is 3.29. The Morgan fingerprint density at radius 3 is 2.41 bits per heavy atom. The number of benzene rings is 2. The highest BCUT2D eigenvalue weighted by atomic mass is 32.2. The second-order valence-electron chi connectivity index (χ2n) is 6.68. The van der Waals surface area contributed by atoms with Gasteiger partial charge in [0.25, 0.3) is 6.20 Å². The number of carbonyl (C=O) groups excluding carboxylic acids is 1. The number of ether oxygens (including phenoxy) is 1. The second kappa shape index (κ2) is 10.6. The van der Waals surface area contributed by atoms with Crippen molar-refractivity contribution in [2.75, 3.05) is 24.8 Å². The molecule has 0 fully saturated rings. The summed E-state index contributed by atoms with van der Waals surface area (Å²) in [6.45, 7) is 1.02. The fourth-order valence-corrected chi connectivity index (χ4v) is 3.47. The summed E-state index contributed by atoms with van der Waals surface area (Å²) in [7, 11) is 1.60. The number of nitrogens with one attached hydrogen (secondary N) is 1. The van der Waals surface area contributed by atoms with Gasteiger partial charge in [-0.2, -0.15) is 0 Å². The molecular formula is C22H21N6O3S+. The van der Waals surface area contributed by atoms with Crippen molar-refractivity contribution >= 4 is 23.6 Å². The van der Waals surface area contributed by atoms with Crippen LogP contribution in [-0.4, -0.2) is 45.8 Å². The van der Waals surface area contributed by atoms with Gasteiger partial charge in [0.2, 0.25) is 22.9 Å². The second-order valence-corrected chi connectivity index (χ2v) is 7.63. The molecule has 1 amide bonds. The van der Waals surface area contributed by atoms with E-state index in [9.17, 15) is 4.79 Å². The molecule has 0 atom stereocenters. The fraction of sp³-hybridized carbons (Fsp3) is 0.182. The van der Waals surface area contributed by atoms with E-state index in [2.05, 4.69) is 20.8 Å². The maximum atomic E-state index is 12.3. The van der Waals surface area contributed by atoms with Gasteiger partial charge in [-0.05, 0) is 4.68 Å². The number of thioether (sulfide) groups is 1. The third-order valence-electron chi connectivity index (χ3n) is 4.39. The van der Waals surface area contributed by atoms with Crippen LogP contribution in [-0.2, 0) is 16.1 Å². The molecule has 0 saturated carbocycles. The first-order chi connectivity index (χ1) is 15.7. The van der Waals surface area contributed by atoms with E-state index in [1.165, 1.54) is 11.8 Å². The largest absolute Gasteiger partial charge is 0.378 e. The summed E-state index contributed by atoms with van der Waals surface area (Å²) in [5, 5.41) is 15.5. The van der Waals surface area contributed by atoms with Gasteiger partial charge in [-0.25, -0.2) is 4.98 Å². The summed E-state index contributed by atoms with van der Waals surface area (Å²) in [4.78, 5) is 17.0. The molecule has 2 aromatic carbocycles. The van der Waals surface area contributed by atoms with Crippen molar-refractivity contribution in [2.24, 2.45) is 0 Å². The van der Waals surface area contributed by atoms with E-state index in [1.807, 2.05) is 60.7 Å². The molecule has 2 aromatic heterocycles. The molecule has 0 bridgehead atoms. The Labute approximate surface area is 188 Å². The van der Waals surface area contributed by atoms with Crippen LogP contribution in [0.15, 0.2) is 76.5 Å². The third-order valence-corrected chi connectivity index (χ3v) is 5.23. The van der Waals surface area contributed by atoms with Crippen molar-refractivity contribution in [3.63, 3.8) is 0 Å². The molecule has 4 aromatic rings. The minimum atomic E-state index is -0.262. The summed E-state index contributed by atoms with van der Waals surface area (Å²) >= 11 is 1.20. The number of anilines is 1. The Morgan fingerprint density at radius 2 is 1.72 bits per heavy atom. The molecule has 9 nitrogen and oxygen atoms in total. The van der Waals surface area contributed by atoms with Gasteiger partial charge in [0.05, 0.1) is 5.75 Å². The fourth-order valence-electron chi connectivity index (χ4n) is 2.89. The van der Waals surface area contributed by atoms with Crippen LogP contribution in [0.3, 0.4) is 0 Å². The highest BCUT2D eigenvalue weighted by molar-refractivity contribution is 7.99. The van der Waals surface area contributed by atoms with Gasteiger partial charge in [0.15, 0.2) is 0 Å². The van der Waals surface area contributed by atoms with Crippen LogP contribution in [0.1, 0.15) is 0 Å². The van der Waals surface area contributed by atoms with Crippen LogP contribution < -0.4 is 10.00 Å². The molecule has 0 aliphatic carbocycles. The van der Waals surface area contributed by atoms with E-state index in [0.717, 1.165) is 11.1 Å². The van der Waals surface area contributed by atoms with Crippen LogP contribution in [0.5, 0.6) is 0 Å². The van der Waals surface area contributed by atoms with E-state index in [1.54, 1.807) is 18.0 Å². The van der Waals surface area contributed by atoms with E-state index in [0.29, 0.717) is 29.7 Å². The molecule has 162 valence electrons. The number of methoxy groups -OCH3 is 1. The molecule has 0 spiro atoms. The normalized spacial score (nSPS) is 10.8. The van der Waals surface area contributed by atoms with E-state index in [-0.39, 0.29) is 17.5 Å². The molecule has 32 heavy (non-hydrogen) atoms. The van der Waals surface area contributed by atoms with Crippen molar-refractivity contribution in [1.82, 2.24) is 20.5 Å². The number of nitrogens with zero attached hydrogens (tertiary/aromatic N) is 5.